The zero-order chi connectivity index (χ0) is 28.2. The Bertz CT molecular complexity index is 1590. The lowest BCUT2D eigenvalue weighted by atomic mass is 10.1. The van der Waals surface area contributed by atoms with Crippen molar-refractivity contribution in [3.8, 4) is 11.1 Å². The molecule has 4 aromatic carbocycles. The first-order valence-electron chi connectivity index (χ1n) is 11.7. The lowest BCUT2D eigenvalue weighted by Crippen LogP contribution is -2.39. The molecule has 0 radical (unpaired) electrons. The highest BCUT2D eigenvalue weighted by Crippen LogP contribution is 2.33. The number of anilines is 3. The maximum absolute atomic E-state index is 13.6. The molecule has 0 saturated heterocycles. The standard InChI is InChI=1S/C28H25F3N4O3S/c1-39(37,38)26-17-22(14-15-24(26)19-8-3-2-4-9-19)33-27(36)35(34-23-12-7-11-21(32)16-23)18-20-10-5-6-13-25(20)28(29,30)31/h2-17,34H,18,32H2,1H3,(H,33,36). The summed E-state index contributed by atoms with van der Waals surface area (Å²) in [6, 6.07) is 23.8. The average molecular weight is 555 g/mol. The highest BCUT2D eigenvalue weighted by molar-refractivity contribution is 7.90. The molecule has 4 rings (SSSR count). The summed E-state index contributed by atoms with van der Waals surface area (Å²) >= 11 is 0. The molecule has 0 aliphatic heterocycles. The minimum absolute atomic E-state index is 0.00995. The second kappa shape index (κ2) is 11.1. The molecule has 0 atom stereocenters. The van der Waals surface area contributed by atoms with Gasteiger partial charge in [0.2, 0.25) is 0 Å². The van der Waals surface area contributed by atoms with Gasteiger partial charge in [0.05, 0.1) is 22.7 Å². The third kappa shape index (κ3) is 6.88. The fourth-order valence-corrected chi connectivity index (χ4v) is 4.91. The number of sulfone groups is 1. The Hall–Kier alpha value is -4.51. The molecule has 11 heteroatoms. The zero-order valence-corrected chi connectivity index (χ0v) is 21.6. The Balaban J connectivity index is 1.69. The largest absolute Gasteiger partial charge is 0.416 e. The topological polar surface area (TPSA) is 105 Å². The number of urea groups is 1. The Morgan fingerprint density at radius 1 is 0.872 bits per heavy atom. The Morgan fingerprint density at radius 3 is 2.23 bits per heavy atom. The van der Waals surface area contributed by atoms with Crippen LogP contribution in [0.15, 0.2) is 102 Å². The summed E-state index contributed by atoms with van der Waals surface area (Å²) in [6.07, 6.45) is -3.57. The van der Waals surface area contributed by atoms with Crippen molar-refractivity contribution in [2.75, 3.05) is 22.7 Å². The number of hydrogen-bond acceptors (Lipinski definition) is 5. The highest BCUT2D eigenvalue weighted by Gasteiger charge is 2.33. The van der Waals surface area contributed by atoms with Crippen LogP contribution in [0.5, 0.6) is 0 Å². The van der Waals surface area contributed by atoms with Gasteiger partial charge in [-0.2, -0.15) is 13.2 Å². The average Bonchev–Trinajstić information content (AvgIpc) is 2.88. The number of hydrogen-bond donors (Lipinski definition) is 3. The number of carbonyl (C=O) groups excluding carboxylic acids is 1. The van der Waals surface area contributed by atoms with Gasteiger partial charge in [-0.3, -0.25) is 5.43 Å². The monoisotopic (exact) mass is 554 g/mol. The van der Waals surface area contributed by atoms with E-state index < -0.39 is 34.2 Å². The first-order valence-corrected chi connectivity index (χ1v) is 13.6. The lowest BCUT2D eigenvalue weighted by molar-refractivity contribution is -0.138. The van der Waals surface area contributed by atoms with Crippen LogP contribution in [0, 0.1) is 0 Å². The molecule has 0 spiro atoms. The van der Waals surface area contributed by atoms with Gasteiger partial charge < -0.3 is 11.1 Å². The second-order valence-electron chi connectivity index (χ2n) is 8.76. The van der Waals surface area contributed by atoms with Crippen LogP contribution in [0.1, 0.15) is 11.1 Å². The van der Waals surface area contributed by atoms with Crippen LogP contribution in [0.2, 0.25) is 0 Å². The molecular formula is C28H25F3N4O3S. The molecule has 0 aromatic heterocycles. The number of carbonyl (C=O) groups is 1. The third-order valence-corrected chi connectivity index (χ3v) is 6.90. The number of amides is 2. The fourth-order valence-electron chi connectivity index (χ4n) is 3.99. The Labute approximate surface area is 224 Å². The number of rotatable bonds is 7. The quantitative estimate of drug-likeness (QED) is 0.181. The third-order valence-electron chi connectivity index (χ3n) is 5.76. The fraction of sp³-hybridized carbons (Fsp3) is 0.107. The van der Waals surface area contributed by atoms with Crippen molar-refractivity contribution in [1.82, 2.24) is 5.01 Å². The predicted molar refractivity (Wildman–Crippen MR) is 145 cm³/mol. The van der Waals surface area contributed by atoms with Crippen molar-refractivity contribution >= 4 is 32.9 Å². The smallest absolute Gasteiger partial charge is 0.399 e. The molecule has 0 unspecified atom stereocenters. The minimum atomic E-state index is -4.63. The lowest BCUT2D eigenvalue weighted by Gasteiger charge is -2.26. The van der Waals surface area contributed by atoms with Crippen LogP contribution in [-0.2, 0) is 22.6 Å². The van der Waals surface area contributed by atoms with E-state index >= 15 is 0 Å². The number of hydrazine groups is 1. The van der Waals surface area contributed by atoms with Crippen molar-refractivity contribution < 1.29 is 26.4 Å². The van der Waals surface area contributed by atoms with Crippen molar-refractivity contribution in [3.63, 3.8) is 0 Å². The van der Waals surface area contributed by atoms with Crippen LogP contribution >= 0.6 is 0 Å². The van der Waals surface area contributed by atoms with Crippen LogP contribution in [0.3, 0.4) is 0 Å². The number of alkyl halides is 3. The minimum Gasteiger partial charge on any atom is -0.399 e. The number of halogens is 3. The van der Waals surface area contributed by atoms with E-state index in [4.69, 9.17) is 5.73 Å². The van der Waals surface area contributed by atoms with E-state index in [1.807, 2.05) is 0 Å². The van der Waals surface area contributed by atoms with Gasteiger partial charge >= 0.3 is 12.2 Å². The molecule has 0 aliphatic rings. The van der Waals surface area contributed by atoms with Gasteiger partial charge in [-0.15, -0.1) is 0 Å². The summed E-state index contributed by atoms with van der Waals surface area (Å²) in [4.78, 5) is 13.4. The number of benzene rings is 4. The molecule has 4 N–H and O–H groups in total. The van der Waals surface area contributed by atoms with Gasteiger partial charge in [-0.05, 0) is 47.5 Å². The maximum atomic E-state index is 13.6. The summed E-state index contributed by atoms with van der Waals surface area (Å²) < 4.78 is 66.1. The van der Waals surface area contributed by atoms with Gasteiger partial charge in [0.25, 0.3) is 0 Å². The normalized spacial score (nSPS) is 11.6. The molecule has 2 amide bonds. The number of nitrogens with one attached hydrogen (secondary N) is 2. The molecule has 0 fully saturated rings. The number of nitrogen functional groups attached to an aromatic ring is 1. The molecule has 0 heterocycles. The molecule has 0 saturated carbocycles. The summed E-state index contributed by atoms with van der Waals surface area (Å²) in [5.74, 6) is 0. The SMILES string of the molecule is CS(=O)(=O)c1cc(NC(=O)N(Cc2ccccc2C(F)(F)F)Nc2cccc(N)c2)ccc1-c1ccccc1. The van der Waals surface area contributed by atoms with E-state index in [1.54, 1.807) is 54.6 Å². The van der Waals surface area contributed by atoms with Crippen molar-refractivity contribution in [2.45, 2.75) is 17.6 Å². The van der Waals surface area contributed by atoms with E-state index in [1.165, 1.54) is 36.4 Å². The molecule has 0 aliphatic carbocycles. The van der Waals surface area contributed by atoms with E-state index in [0.717, 1.165) is 17.3 Å². The first kappa shape index (κ1) is 27.5. The summed E-state index contributed by atoms with van der Waals surface area (Å²) in [6.45, 7) is -0.461. The molecule has 0 bridgehead atoms. The van der Waals surface area contributed by atoms with Crippen LogP contribution in [0.4, 0.5) is 35.0 Å². The molecular weight excluding hydrogens is 529 g/mol. The van der Waals surface area contributed by atoms with Gasteiger partial charge in [0.15, 0.2) is 9.84 Å². The van der Waals surface area contributed by atoms with E-state index in [0.29, 0.717) is 22.5 Å². The molecule has 7 nitrogen and oxygen atoms in total. The molecule has 39 heavy (non-hydrogen) atoms. The Kier molecular flexibility index (Phi) is 7.82. The second-order valence-corrected chi connectivity index (χ2v) is 10.7. The number of nitrogens with zero attached hydrogens (tertiary/aromatic N) is 1. The van der Waals surface area contributed by atoms with Crippen LogP contribution in [-0.4, -0.2) is 25.7 Å². The number of nitrogens with two attached hydrogens (primary N) is 1. The first-order chi connectivity index (χ1) is 18.4. The van der Waals surface area contributed by atoms with E-state index in [9.17, 15) is 26.4 Å². The highest BCUT2D eigenvalue weighted by atomic mass is 32.2. The van der Waals surface area contributed by atoms with Gasteiger partial charge in [-0.1, -0.05) is 60.7 Å². The van der Waals surface area contributed by atoms with Crippen LogP contribution < -0.4 is 16.5 Å². The molecule has 4 aromatic rings. The van der Waals surface area contributed by atoms with Gasteiger partial charge in [0, 0.05) is 23.2 Å². The van der Waals surface area contributed by atoms with Crippen molar-refractivity contribution in [1.29, 1.82) is 0 Å². The molecule has 202 valence electrons. The van der Waals surface area contributed by atoms with E-state index in [-0.39, 0.29) is 16.1 Å². The Morgan fingerprint density at radius 2 is 1.56 bits per heavy atom. The van der Waals surface area contributed by atoms with Crippen molar-refractivity contribution in [3.05, 3.63) is 108 Å². The van der Waals surface area contributed by atoms with E-state index in [2.05, 4.69) is 10.7 Å². The summed E-state index contributed by atoms with van der Waals surface area (Å²) in [7, 11) is -3.70. The summed E-state index contributed by atoms with van der Waals surface area (Å²) in [5.41, 5.74) is 9.60. The van der Waals surface area contributed by atoms with Crippen molar-refractivity contribution in [2.24, 2.45) is 0 Å². The summed E-state index contributed by atoms with van der Waals surface area (Å²) in [5, 5.41) is 3.56. The predicted octanol–water partition coefficient (Wildman–Crippen LogP) is 6.42. The van der Waals surface area contributed by atoms with Crippen LogP contribution in [0.25, 0.3) is 11.1 Å². The van der Waals surface area contributed by atoms with Gasteiger partial charge in [-0.25, -0.2) is 18.2 Å². The zero-order valence-electron chi connectivity index (χ0n) is 20.7. The maximum Gasteiger partial charge on any atom is 0.416 e. The van der Waals surface area contributed by atoms with Gasteiger partial charge in [0.1, 0.15) is 0 Å².